The van der Waals surface area contributed by atoms with E-state index in [2.05, 4.69) is 33.0 Å². The van der Waals surface area contributed by atoms with Gasteiger partial charge in [0.1, 0.15) is 0 Å². The largest absolute Gasteiger partial charge is 0.383 e. The van der Waals surface area contributed by atoms with Crippen LogP contribution in [0.3, 0.4) is 0 Å². The number of aryl methyl sites for hydroxylation is 1. The van der Waals surface area contributed by atoms with E-state index in [0.717, 1.165) is 37.9 Å². The van der Waals surface area contributed by atoms with Crippen LogP contribution in [0.25, 0.3) is 0 Å². The molecule has 1 fully saturated rings. The van der Waals surface area contributed by atoms with Gasteiger partial charge in [-0.05, 0) is 19.9 Å². The van der Waals surface area contributed by atoms with Crippen LogP contribution < -0.4 is 10.2 Å². The fourth-order valence-electron chi connectivity index (χ4n) is 2.30. The average Bonchev–Trinajstić information content (AvgIpc) is 2.94. The minimum absolute atomic E-state index is 0.554. The van der Waals surface area contributed by atoms with Crippen molar-refractivity contribution >= 4 is 5.95 Å². The van der Waals surface area contributed by atoms with Crippen LogP contribution >= 0.6 is 0 Å². The lowest BCUT2D eigenvalue weighted by atomic mass is 10.2. The molecular weight excluding hydrogens is 216 g/mol. The van der Waals surface area contributed by atoms with E-state index in [4.69, 9.17) is 4.74 Å². The second kappa shape index (κ2) is 5.51. The number of hydrogen-bond acceptors (Lipinski definition) is 4. The van der Waals surface area contributed by atoms with Crippen molar-refractivity contribution in [1.29, 1.82) is 0 Å². The first kappa shape index (κ1) is 12.4. The molecule has 1 atom stereocenters. The van der Waals surface area contributed by atoms with Crippen molar-refractivity contribution in [3.8, 4) is 0 Å². The quantitative estimate of drug-likeness (QED) is 0.817. The number of aromatic nitrogens is 2. The summed E-state index contributed by atoms with van der Waals surface area (Å²) in [5.41, 5.74) is 1.06. The third-order valence-electron chi connectivity index (χ3n) is 3.31. The van der Waals surface area contributed by atoms with Crippen LogP contribution in [0, 0.1) is 6.92 Å². The first-order valence-corrected chi connectivity index (χ1v) is 6.18. The Morgan fingerprint density at radius 1 is 1.65 bits per heavy atom. The Hall–Kier alpha value is -1.07. The summed E-state index contributed by atoms with van der Waals surface area (Å²) in [6.07, 6.45) is 3.28. The van der Waals surface area contributed by atoms with Gasteiger partial charge in [0.2, 0.25) is 5.95 Å². The van der Waals surface area contributed by atoms with Crippen molar-refractivity contribution in [2.45, 2.75) is 25.9 Å². The van der Waals surface area contributed by atoms with Crippen molar-refractivity contribution < 1.29 is 4.74 Å². The Kier molecular flexibility index (Phi) is 4.02. The summed E-state index contributed by atoms with van der Waals surface area (Å²) >= 11 is 0. The van der Waals surface area contributed by atoms with Gasteiger partial charge in [-0.25, -0.2) is 4.98 Å². The Morgan fingerprint density at radius 3 is 3.12 bits per heavy atom. The van der Waals surface area contributed by atoms with E-state index >= 15 is 0 Å². The molecule has 0 aliphatic carbocycles. The second-order valence-corrected chi connectivity index (χ2v) is 4.63. The molecule has 17 heavy (non-hydrogen) atoms. The lowest BCUT2D eigenvalue weighted by Crippen LogP contribution is -2.35. The van der Waals surface area contributed by atoms with Crippen molar-refractivity contribution in [2.75, 3.05) is 38.8 Å². The summed E-state index contributed by atoms with van der Waals surface area (Å²) in [4.78, 5) is 6.89. The molecule has 0 aromatic carbocycles. The lowest BCUT2D eigenvalue weighted by molar-refractivity contribution is 0.187. The number of imidazole rings is 1. The fourth-order valence-corrected chi connectivity index (χ4v) is 2.30. The Bertz CT molecular complexity index is 357. The third-order valence-corrected chi connectivity index (χ3v) is 3.31. The first-order chi connectivity index (χ1) is 8.22. The normalized spacial score (nSPS) is 19.8. The summed E-state index contributed by atoms with van der Waals surface area (Å²) in [6.45, 7) is 5.77. The Balaban J connectivity index is 2.11. The van der Waals surface area contributed by atoms with Crippen LogP contribution in [-0.2, 0) is 11.3 Å². The highest BCUT2D eigenvalue weighted by Crippen LogP contribution is 2.18. The zero-order valence-corrected chi connectivity index (χ0v) is 10.9. The first-order valence-electron chi connectivity index (χ1n) is 6.18. The van der Waals surface area contributed by atoms with Gasteiger partial charge in [0.05, 0.1) is 12.3 Å². The molecule has 5 heteroatoms. The van der Waals surface area contributed by atoms with Gasteiger partial charge < -0.3 is 19.5 Å². The molecule has 1 saturated heterocycles. The van der Waals surface area contributed by atoms with Crippen LogP contribution in [0.2, 0.25) is 0 Å². The van der Waals surface area contributed by atoms with Crippen LogP contribution in [0.4, 0.5) is 5.95 Å². The third kappa shape index (κ3) is 2.79. The maximum absolute atomic E-state index is 5.14. The molecule has 5 nitrogen and oxygen atoms in total. The van der Waals surface area contributed by atoms with Gasteiger partial charge in [-0.3, -0.25) is 0 Å². The Labute approximate surface area is 103 Å². The lowest BCUT2D eigenvalue weighted by Gasteiger charge is -2.25. The maximum Gasteiger partial charge on any atom is 0.205 e. The predicted octanol–water partition coefficient (Wildman–Crippen LogP) is 0.636. The molecule has 1 aliphatic rings. The van der Waals surface area contributed by atoms with Gasteiger partial charge in [-0.2, -0.15) is 0 Å². The van der Waals surface area contributed by atoms with Crippen LogP contribution in [0.15, 0.2) is 6.20 Å². The van der Waals surface area contributed by atoms with Gasteiger partial charge in [0.15, 0.2) is 0 Å². The molecular formula is C12H22N4O. The topological polar surface area (TPSA) is 42.3 Å². The molecule has 0 saturated carbocycles. The number of anilines is 1. The van der Waals surface area contributed by atoms with E-state index in [0.29, 0.717) is 6.04 Å². The molecule has 1 N–H and O–H groups in total. The van der Waals surface area contributed by atoms with Gasteiger partial charge in [-0.1, -0.05) is 0 Å². The predicted molar refractivity (Wildman–Crippen MR) is 68.5 cm³/mol. The highest BCUT2D eigenvalue weighted by molar-refractivity contribution is 5.34. The number of methoxy groups -OCH3 is 1. The summed E-state index contributed by atoms with van der Waals surface area (Å²) in [6, 6.07) is 0.554. The van der Waals surface area contributed by atoms with Gasteiger partial charge in [-0.15, -0.1) is 0 Å². The summed E-state index contributed by atoms with van der Waals surface area (Å²) < 4.78 is 7.31. The molecule has 96 valence electrons. The van der Waals surface area contributed by atoms with Crippen molar-refractivity contribution in [1.82, 2.24) is 14.9 Å². The maximum atomic E-state index is 5.14. The molecule has 0 amide bonds. The molecule has 1 aromatic heterocycles. The second-order valence-electron chi connectivity index (χ2n) is 4.63. The number of nitrogens with zero attached hydrogens (tertiary/aromatic N) is 3. The van der Waals surface area contributed by atoms with Crippen LogP contribution in [0.1, 0.15) is 12.1 Å². The molecule has 2 heterocycles. The number of hydrogen-bond donors (Lipinski definition) is 1. The minimum atomic E-state index is 0.554. The zero-order chi connectivity index (χ0) is 12.3. The highest BCUT2D eigenvalue weighted by atomic mass is 16.5. The SMILES string of the molecule is COCCn1cc(C)nc1N(C)C1CCNC1. The van der Waals surface area contributed by atoms with Gasteiger partial charge in [0.25, 0.3) is 0 Å². The van der Waals surface area contributed by atoms with Crippen molar-refractivity contribution in [2.24, 2.45) is 0 Å². The molecule has 1 unspecified atom stereocenters. The average molecular weight is 238 g/mol. The van der Waals surface area contributed by atoms with E-state index in [9.17, 15) is 0 Å². The smallest absolute Gasteiger partial charge is 0.205 e. The summed E-state index contributed by atoms with van der Waals surface area (Å²) in [5.74, 6) is 1.05. The molecule has 0 bridgehead atoms. The van der Waals surface area contributed by atoms with E-state index in [1.807, 2.05) is 6.92 Å². The fraction of sp³-hybridized carbons (Fsp3) is 0.750. The van der Waals surface area contributed by atoms with E-state index in [-0.39, 0.29) is 0 Å². The van der Waals surface area contributed by atoms with Crippen LogP contribution in [0.5, 0.6) is 0 Å². The summed E-state index contributed by atoms with van der Waals surface area (Å²) in [5, 5.41) is 3.39. The number of rotatable bonds is 5. The number of likely N-dealkylation sites (N-methyl/N-ethyl adjacent to an activating group) is 1. The zero-order valence-electron chi connectivity index (χ0n) is 10.9. The molecule has 0 radical (unpaired) electrons. The standard InChI is InChI=1S/C12H22N4O/c1-10-9-16(6-7-17-3)12(14-10)15(2)11-4-5-13-8-11/h9,11,13H,4-8H2,1-3H3. The monoisotopic (exact) mass is 238 g/mol. The van der Waals surface area contributed by atoms with E-state index in [1.165, 1.54) is 6.42 Å². The van der Waals surface area contributed by atoms with Crippen molar-refractivity contribution in [3.05, 3.63) is 11.9 Å². The van der Waals surface area contributed by atoms with E-state index < -0.39 is 0 Å². The van der Waals surface area contributed by atoms with Crippen LogP contribution in [-0.4, -0.2) is 49.4 Å². The van der Waals surface area contributed by atoms with Gasteiger partial charge >= 0.3 is 0 Å². The van der Waals surface area contributed by atoms with Gasteiger partial charge in [0, 0.05) is 39.5 Å². The minimum Gasteiger partial charge on any atom is -0.383 e. The molecule has 1 aromatic rings. The Morgan fingerprint density at radius 2 is 2.47 bits per heavy atom. The van der Waals surface area contributed by atoms with Crippen molar-refractivity contribution in [3.63, 3.8) is 0 Å². The highest BCUT2D eigenvalue weighted by Gasteiger charge is 2.22. The molecule has 2 rings (SSSR count). The number of ether oxygens (including phenoxy) is 1. The molecule has 1 aliphatic heterocycles. The molecule has 0 spiro atoms. The number of nitrogens with one attached hydrogen (secondary N) is 1. The summed E-state index contributed by atoms with van der Waals surface area (Å²) in [7, 11) is 3.86. The van der Waals surface area contributed by atoms with E-state index in [1.54, 1.807) is 7.11 Å².